The monoisotopic (exact) mass is 183 g/mol. The Bertz CT molecular complexity index is 311. The number of rotatable bonds is 1. The highest BCUT2D eigenvalue weighted by atomic mass is 16.6. The van der Waals surface area contributed by atoms with Crippen LogP contribution in [0.2, 0.25) is 0 Å². The van der Waals surface area contributed by atoms with Gasteiger partial charge in [0, 0.05) is 5.41 Å². The lowest BCUT2D eigenvalue weighted by molar-refractivity contribution is 0.209. The van der Waals surface area contributed by atoms with Crippen LogP contribution < -0.4 is 10.5 Å². The highest BCUT2D eigenvalue weighted by Gasteiger charge is 2.18. The van der Waals surface area contributed by atoms with Gasteiger partial charge in [0.05, 0.1) is 6.20 Å². The first kappa shape index (κ1) is 9.57. The minimum absolute atomic E-state index is 0.0980. The molecule has 5 nitrogen and oxygen atoms in total. The Morgan fingerprint density at radius 3 is 2.62 bits per heavy atom. The number of nitrogens with two attached hydrogens (primary N) is 1. The lowest BCUT2D eigenvalue weighted by Gasteiger charge is -2.13. The van der Waals surface area contributed by atoms with Gasteiger partial charge in [-0.2, -0.15) is 0 Å². The normalized spacial score (nSPS) is 11.3. The van der Waals surface area contributed by atoms with Crippen molar-refractivity contribution in [2.75, 3.05) is 0 Å². The summed E-state index contributed by atoms with van der Waals surface area (Å²) in [5.41, 5.74) is 4.74. The Labute approximate surface area is 76.3 Å². The van der Waals surface area contributed by atoms with E-state index in [0.29, 0.717) is 0 Å². The third-order valence-corrected chi connectivity index (χ3v) is 1.47. The topological polar surface area (TPSA) is 81.0 Å². The van der Waals surface area contributed by atoms with E-state index in [0.717, 1.165) is 5.82 Å². The smallest absolute Gasteiger partial charge is 0.392 e. The van der Waals surface area contributed by atoms with Crippen molar-refractivity contribution in [3.63, 3.8) is 0 Å². The van der Waals surface area contributed by atoms with Gasteiger partial charge in [0.1, 0.15) is 5.82 Å². The van der Waals surface area contributed by atoms with Crippen molar-refractivity contribution in [1.29, 1.82) is 0 Å². The van der Waals surface area contributed by atoms with Crippen LogP contribution in [0, 0.1) is 0 Å². The fourth-order valence-electron chi connectivity index (χ4n) is 0.846. The number of hydrogen-bond acceptors (Lipinski definition) is 3. The van der Waals surface area contributed by atoms with Gasteiger partial charge in [-0.3, -0.25) is 0 Å². The van der Waals surface area contributed by atoms with E-state index < -0.39 is 6.09 Å². The molecule has 0 saturated heterocycles. The summed E-state index contributed by atoms with van der Waals surface area (Å²) in [6.07, 6.45) is 0.592. The van der Waals surface area contributed by atoms with E-state index in [-0.39, 0.29) is 11.3 Å². The predicted molar refractivity (Wildman–Crippen MR) is 47.5 cm³/mol. The number of nitrogens with zero attached hydrogens (tertiary/aromatic N) is 1. The predicted octanol–water partition coefficient (Wildman–Crippen LogP) is 1.16. The number of imidazole rings is 1. The molecule has 0 spiro atoms. The first-order chi connectivity index (χ1) is 5.89. The van der Waals surface area contributed by atoms with Crippen LogP contribution in [0.15, 0.2) is 6.20 Å². The van der Waals surface area contributed by atoms with Crippen LogP contribution in [0.5, 0.6) is 5.88 Å². The standard InChI is InChI=1S/C8H13N3O2/c1-8(2,3)6-10-4-5(11-6)13-7(9)12/h4H,1-3H3,(H2,9,12)(H,10,11). The third kappa shape index (κ3) is 2.47. The van der Waals surface area contributed by atoms with Crippen molar-refractivity contribution < 1.29 is 9.53 Å². The van der Waals surface area contributed by atoms with Gasteiger partial charge in [-0.25, -0.2) is 9.78 Å². The summed E-state index contributed by atoms with van der Waals surface area (Å²) in [5, 5.41) is 0. The van der Waals surface area contributed by atoms with Crippen molar-refractivity contribution in [3.05, 3.63) is 12.0 Å². The molecule has 3 N–H and O–H groups in total. The van der Waals surface area contributed by atoms with Gasteiger partial charge < -0.3 is 15.5 Å². The molecule has 5 heteroatoms. The second-order valence-corrected chi connectivity index (χ2v) is 3.77. The van der Waals surface area contributed by atoms with Crippen molar-refractivity contribution in [3.8, 4) is 5.88 Å². The highest BCUT2D eigenvalue weighted by molar-refractivity contribution is 5.67. The average Bonchev–Trinajstić information content (AvgIpc) is 2.32. The van der Waals surface area contributed by atoms with Gasteiger partial charge in [-0.1, -0.05) is 20.8 Å². The number of aromatic nitrogens is 2. The number of aromatic amines is 1. The number of carbonyl (C=O) groups excluding carboxylic acids is 1. The molecule has 1 rings (SSSR count). The Morgan fingerprint density at radius 2 is 2.23 bits per heavy atom. The SMILES string of the molecule is CC(C)(C)c1ncc(OC(N)=O)[nH]1. The van der Waals surface area contributed by atoms with Crippen molar-refractivity contribution in [1.82, 2.24) is 9.97 Å². The Kier molecular flexibility index (Phi) is 2.27. The van der Waals surface area contributed by atoms with Crippen molar-refractivity contribution >= 4 is 6.09 Å². The molecule has 1 amide bonds. The van der Waals surface area contributed by atoms with Crippen LogP contribution in [-0.4, -0.2) is 16.1 Å². The number of nitrogens with one attached hydrogen (secondary N) is 1. The molecule has 0 saturated carbocycles. The van der Waals surface area contributed by atoms with Gasteiger partial charge in [0.15, 0.2) is 0 Å². The molecule has 0 aliphatic rings. The highest BCUT2D eigenvalue weighted by Crippen LogP contribution is 2.20. The van der Waals surface area contributed by atoms with Crippen LogP contribution in [0.3, 0.4) is 0 Å². The van der Waals surface area contributed by atoms with Crippen molar-refractivity contribution in [2.45, 2.75) is 26.2 Å². The van der Waals surface area contributed by atoms with Crippen LogP contribution in [-0.2, 0) is 5.41 Å². The Hall–Kier alpha value is -1.52. The minimum atomic E-state index is -0.843. The number of primary amides is 1. The molecule has 0 fully saturated rings. The molecule has 0 bridgehead atoms. The van der Waals surface area contributed by atoms with Gasteiger partial charge in [0.25, 0.3) is 0 Å². The number of amides is 1. The van der Waals surface area contributed by atoms with Crippen molar-refractivity contribution in [2.24, 2.45) is 5.73 Å². The second kappa shape index (κ2) is 3.08. The summed E-state index contributed by atoms with van der Waals surface area (Å²) in [4.78, 5) is 17.3. The summed E-state index contributed by atoms with van der Waals surface area (Å²) in [6, 6.07) is 0. The van der Waals surface area contributed by atoms with Gasteiger partial charge >= 0.3 is 6.09 Å². The third-order valence-electron chi connectivity index (χ3n) is 1.47. The van der Waals surface area contributed by atoms with E-state index in [9.17, 15) is 4.79 Å². The maximum absolute atomic E-state index is 10.4. The van der Waals surface area contributed by atoms with E-state index in [1.165, 1.54) is 6.20 Å². The number of ether oxygens (including phenoxy) is 1. The molecule has 0 aliphatic heterocycles. The zero-order valence-electron chi connectivity index (χ0n) is 7.92. The maximum atomic E-state index is 10.4. The number of carbonyl (C=O) groups is 1. The second-order valence-electron chi connectivity index (χ2n) is 3.77. The summed E-state index contributed by atoms with van der Waals surface area (Å²) in [7, 11) is 0. The van der Waals surface area contributed by atoms with E-state index >= 15 is 0 Å². The van der Waals surface area contributed by atoms with Gasteiger partial charge in [-0.05, 0) is 0 Å². The molecule has 0 radical (unpaired) electrons. The lowest BCUT2D eigenvalue weighted by Crippen LogP contribution is -2.17. The molecule has 13 heavy (non-hydrogen) atoms. The average molecular weight is 183 g/mol. The molecular weight excluding hydrogens is 170 g/mol. The quantitative estimate of drug-likeness (QED) is 0.685. The molecule has 1 aromatic rings. The fraction of sp³-hybridized carbons (Fsp3) is 0.500. The van der Waals surface area contributed by atoms with Crippen LogP contribution in [0.4, 0.5) is 4.79 Å². The van der Waals surface area contributed by atoms with Gasteiger partial charge in [0.2, 0.25) is 5.88 Å². The number of H-pyrrole nitrogens is 1. The summed E-state index contributed by atoms with van der Waals surface area (Å²) in [5.74, 6) is 1.03. The number of hydrogen-bond donors (Lipinski definition) is 2. The van der Waals surface area contributed by atoms with E-state index in [1.54, 1.807) is 0 Å². The largest absolute Gasteiger partial charge is 0.411 e. The van der Waals surface area contributed by atoms with E-state index in [2.05, 4.69) is 14.7 Å². The lowest BCUT2D eigenvalue weighted by atomic mass is 9.96. The van der Waals surface area contributed by atoms with Gasteiger partial charge in [-0.15, -0.1) is 0 Å². The molecule has 72 valence electrons. The Balaban J connectivity index is 2.81. The molecule has 1 aromatic heterocycles. The Morgan fingerprint density at radius 1 is 1.62 bits per heavy atom. The van der Waals surface area contributed by atoms with E-state index in [4.69, 9.17) is 5.73 Å². The maximum Gasteiger partial charge on any atom is 0.411 e. The summed E-state index contributed by atoms with van der Waals surface area (Å²) in [6.45, 7) is 6.00. The zero-order valence-corrected chi connectivity index (χ0v) is 7.92. The van der Waals surface area contributed by atoms with E-state index in [1.807, 2.05) is 20.8 Å². The van der Waals surface area contributed by atoms with Crippen LogP contribution >= 0.6 is 0 Å². The molecule has 0 atom stereocenters. The molecule has 0 unspecified atom stereocenters. The molecule has 0 aromatic carbocycles. The minimum Gasteiger partial charge on any atom is -0.392 e. The first-order valence-electron chi connectivity index (χ1n) is 3.92. The van der Waals surface area contributed by atoms with Crippen LogP contribution in [0.1, 0.15) is 26.6 Å². The summed E-state index contributed by atoms with van der Waals surface area (Å²) >= 11 is 0. The molecular formula is C8H13N3O2. The molecule has 0 aliphatic carbocycles. The first-order valence-corrected chi connectivity index (χ1v) is 3.92. The summed E-state index contributed by atoms with van der Waals surface area (Å²) < 4.78 is 4.61. The molecule has 1 heterocycles. The fourth-order valence-corrected chi connectivity index (χ4v) is 0.846. The zero-order chi connectivity index (χ0) is 10.1. The van der Waals surface area contributed by atoms with Crippen LogP contribution in [0.25, 0.3) is 0 Å².